The van der Waals surface area contributed by atoms with E-state index in [0.29, 0.717) is 5.69 Å². The van der Waals surface area contributed by atoms with E-state index in [1.54, 1.807) is 12.4 Å². The molecule has 134 valence electrons. The smallest absolute Gasteiger partial charge is 0.339 e. The van der Waals surface area contributed by atoms with Gasteiger partial charge in [-0.3, -0.25) is 9.36 Å². The fraction of sp³-hybridized carbons (Fsp3) is 0.0500. The number of aromatic nitrogens is 3. The highest BCUT2D eigenvalue weighted by Gasteiger charge is 2.11. The number of imidazole rings is 1. The van der Waals surface area contributed by atoms with Crippen LogP contribution in [0.25, 0.3) is 16.7 Å². The van der Waals surface area contributed by atoms with Crippen LogP contribution in [0.5, 0.6) is 0 Å². The van der Waals surface area contributed by atoms with Gasteiger partial charge in [-0.15, -0.1) is 0 Å². The van der Waals surface area contributed by atoms with Crippen LogP contribution in [-0.2, 0) is 11.3 Å². The number of carbonyl (C=O) groups is 1. The van der Waals surface area contributed by atoms with Crippen molar-refractivity contribution in [2.75, 3.05) is 0 Å². The van der Waals surface area contributed by atoms with Gasteiger partial charge in [0.2, 0.25) is 0 Å². The lowest BCUT2D eigenvalue weighted by atomic mass is 10.2. The third kappa shape index (κ3) is 3.48. The molecule has 0 bridgehead atoms. The summed E-state index contributed by atoms with van der Waals surface area (Å²) >= 11 is 0. The molecule has 0 unspecified atom stereocenters. The van der Waals surface area contributed by atoms with Crippen molar-refractivity contribution in [2.24, 2.45) is 0 Å². The summed E-state index contributed by atoms with van der Waals surface area (Å²) in [6.07, 6.45) is 2.94. The summed E-state index contributed by atoms with van der Waals surface area (Å²) in [6, 6.07) is 13.7. The van der Waals surface area contributed by atoms with E-state index >= 15 is 0 Å². The van der Waals surface area contributed by atoms with Crippen LogP contribution in [0.1, 0.15) is 15.9 Å². The first-order chi connectivity index (χ1) is 13.1. The van der Waals surface area contributed by atoms with Crippen LogP contribution in [0, 0.1) is 5.82 Å². The molecule has 0 atom stereocenters. The zero-order valence-corrected chi connectivity index (χ0v) is 14.1. The molecule has 4 aromatic rings. The van der Waals surface area contributed by atoms with Crippen LogP contribution >= 0.6 is 0 Å². The summed E-state index contributed by atoms with van der Waals surface area (Å²) in [5.41, 5.74) is 2.64. The molecule has 0 radical (unpaired) electrons. The predicted octanol–water partition coefficient (Wildman–Crippen LogP) is 3.21. The standard InChI is InChI=1S/C20H14FN3O3/c21-15-2-1-3-16(9-15)24-10-14(5-7-19(24)25)20(26)27-11-13-4-6-17-18(8-13)23-12-22-17/h1-10,12H,11H2,(H,22,23). The molecular formula is C20H14FN3O3. The quantitative estimate of drug-likeness (QED) is 0.565. The van der Waals surface area contributed by atoms with Gasteiger partial charge in [-0.2, -0.15) is 0 Å². The number of ether oxygens (including phenoxy) is 1. The average Bonchev–Trinajstić information content (AvgIpc) is 3.14. The minimum atomic E-state index is -0.579. The van der Waals surface area contributed by atoms with Gasteiger partial charge in [0.05, 0.1) is 28.6 Å². The van der Waals surface area contributed by atoms with Gasteiger partial charge in [0.25, 0.3) is 5.56 Å². The molecule has 2 heterocycles. The molecule has 0 aliphatic heterocycles. The van der Waals surface area contributed by atoms with Gasteiger partial charge in [0.1, 0.15) is 12.4 Å². The van der Waals surface area contributed by atoms with Crippen molar-refractivity contribution in [2.45, 2.75) is 6.61 Å². The summed E-state index contributed by atoms with van der Waals surface area (Å²) in [7, 11) is 0. The molecule has 0 saturated carbocycles. The molecular weight excluding hydrogens is 349 g/mol. The second-order valence-electron chi connectivity index (χ2n) is 5.94. The van der Waals surface area contributed by atoms with E-state index in [4.69, 9.17) is 4.74 Å². The number of carbonyl (C=O) groups excluding carboxylic acids is 1. The first-order valence-electron chi connectivity index (χ1n) is 8.18. The van der Waals surface area contributed by atoms with Crippen molar-refractivity contribution in [3.63, 3.8) is 0 Å². The monoisotopic (exact) mass is 363 g/mol. The molecule has 6 nitrogen and oxygen atoms in total. The van der Waals surface area contributed by atoms with Gasteiger partial charge in [0, 0.05) is 12.3 Å². The topological polar surface area (TPSA) is 77.0 Å². The maximum absolute atomic E-state index is 13.4. The Morgan fingerprint density at radius 1 is 1.15 bits per heavy atom. The fourth-order valence-corrected chi connectivity index (χ4v) is 2.74. The normalized spacial score (nSPS) is 10.9. The lowest BCUT2D eigenvalue weighted by Crippen LogP contribution is -2.19. The van der Waals surface area contributed by atoms with Gasteiger partial charge in [-0.25, -0.2) is 14.2 Å². The molecule has 7 heteroatoms. The number of fused-ring (bicyclic) bond motifs is 1. The first kappa shape index (κ1) is 16.7. The Kier molecular flexibility index (Phi) is 4.25. The molecule has 0 aliphatic carbocycles. The minimum Gasteiger partial charge on any atom is -0.457 e. The van der Waals surface area contributed by atoms with Gasteiger partial charge in [-0.1, -0.05) is 12.1 Å². The Bertz CT molecular complexity index is 1200. The van der Waals surface area contributed by atoms with Crippen molar-refractivity contribution in [1.82, 2.24) is 14.5 Å². The number of aromatic amines is 1. The lowest BCUT2D eigenvalue weighted by molar-refractivity contribution is 0.0472. The Labute approximate surface area is 152 Å². The minimum absolute atomic E-state index is 0.0763. The molecule has 27 heavy (non-hydrogen) atoms. The van der Waals surface area contributed by atoms with Crippen LogP contribution in [0.4, 0.5) is 4.39 Å². The van der Waals surface area contributed by atoms with Crippen LogP contribution in [0.2, 0.25) is 0 Å². The van der Waals surface area contributed by atoms with Crippen molar-refractivity contribution in [3.8, 4) is 5.69 Å². The number of esters is 1. The highest BCUT2D eigenvalue weighted by atomic mass is 19.1. The SMILES string of the molecule is O=C(OCc1ccc2nc[nH]c2c1)c1ccc(=O)n(-c2cccc(F)c2)c1. The molecule has 0 saturated heterocycles. The molecule has 4 rings (SSSR count). The van der Waals surface area contributed by atoms with Crippen molar-refractivity contribution in [1.29, 1.82) is 0 Å². The predicted molar refractivity (Wildman–Crippen MR) is 97.2 cm³/mol. The Hall–Kier alpha value is -3.74. The molecule has 0 aliphatic rings. The van der Waals surface area contributed by atoms with Gasteiger partial charge in [-0.05, 0) is 42.0 Å². The summed E-state index contributed by atoms with van der Waals surface area (Å²) in [4.78, 5) is 31.6. The average molecular weight is 363 g/mol. The summed E-state index contributed by atoms with van der Waals surface area (Å²) in [5, 5.41) is 0. The number of pyridine rings is 1. The van der Waals surface area contributed by atoms with E-state index in [0.717, 1.165) is 16.6 Å². The van der Waals surface area contributed by atoms with Gasteiger partial charge >= 0.3 is 5.97 Å². The summed E-state index contributed by atoms with van der Waals surface area (Å²) in [5.74, 6) is -1.05. The Morgan fingerprint density at radius 3 is 2.89 bits per heavy atom. The van der Waals surface area contributed by atoms with Gasteiger partial charge in [0.15, 0.2) is 0 Å². The first-order valence-corrected chi connectivity index (χ1v) is 8.18. The zero-order chi connectivity index (χ0) is 18.8. The Balaban J connectivity index is 1.55. The van der Waals surface area contributed by atoms with E-state index in [1.165, 1.54) is 41.1 Å². The van der Waals surface area contributed by atoms with Gasteiger partial charge < -0.3 is 9.72 Å². The van der Waals surface area contributed by atoms with E-state index < -0.39 is 11.8 Å². The number of halogens is 1. The van der Waals surface area contributed by atoms with Crippen molar-refractivity contribution >= 4 is 17.0 Å². The molecule has 0 spiro atoms. The third-order valence-electron chi connectivity index (χ3n) is 4.09. The number of rotatable bonds is 4. The van der Waals surface area contributed by atoms with Crippen molar-refractivity contribution in [3.05, 3.63) is 94.4 Å². The summed E-state index contributed by atoms with van der Waals surface area (Å²) in [6.45, 7) is 0.0763. The van der Waals surface area contributed by atoms with Crippen LogP contribution in [0.15, 0.2) is 71.9 Å². The maximum Gasteiger partial charge on any atom is 0.339 e. The van der Waals surface area contributed by atoms with E-state index in [1.807, 2.05) is 18.2 Å². The second kappa shape index (κ2) is 6.87. The van der Waals surface area contributed by atoms with E-state index in [-0.39, 0.29) is 17.7 Å². The number of hydrogen-bond acceptors (Lipinski definition) is 4. The number of benzene rings is 2. The molecule has 2 aromatic heterocycles. The highest BCUT2D eigenvalue weighted by Crippen LogP contribution is 2.14. The summed E-state index contributed by atoms with van der Waals surface area (Å²) < 4.78 is 20.0. The number of nitrogens with zero attached hydrogens (tertiary/aromatic N) is 2. The molecule has 0 fully saturated rings. The van der Waals surface area contributed by atoms with Crippen LogP contribution < -0.4 is 5.56 Å². The van der Waals surface area contributed by atoms with E-state index in [9.17, 15) is 14.0 Å². The number of H-pyrrole nitrogens is 1. The molecule has 0 amide bonds. The molecule has 2 aromatic carbocycles. The van der Waals surface area contributed by atoms with Crippen LogP contribution in [-0.4, -0.2) is 20.5 Å². The van der Waals surface area contributed by atoms with E-state index in [2.05, 4.69) is 9.97 Å². The molecule has 1 N–H and O–H groups in total. The Morgan fingerprint density at radius 2 is 2.04 bits per heavy atom. The van der Waals surface area contributed by atoms with Crippen molar-refractivity contribution < 1.29 is 13.9 Å². The highest BCUT2D eigenvalue weighted by molar-refractivity contribution is 5.89. The fourth-order valence-electron chi connectivity index (χ4n) is 2.74. The number of hydrogen-bond donors (Lipinski definition) is 1. The maximum atomic E-state index is 13.4. The van der Waals surface area contributed by atoms with Crippen LogP contribution in [0.3, 0.4) is 0 Å². The lowest BCUT2D eigenvalue weighted by Gasteiger charge is -2.09. The second-order valence-corrected chi connectivity index (χ2v) is 5.94. The zero-order valence-electron chi connectivity index (χ0n) is 14.1. The third-order valence-corrected chi connectivity index (χ3v) is 4.09. The number of nitrogens with one attached hydrogen (secondary N) is 1. The largest absolute Gasteiger partial charge is 0.457 e.